The van der Waals surface area contributed by atoms with Crippen molar-refractivity contribution in [3.05, 3.63) is 209 Å². The molecule has 1 atom stereocenters. The topological polar surface area (TPSA) is 3.24 Å². The zero-order valence-corrected chi connectivity index (χ0v) is 32.7. The lowest BCUT2D eigenvalue weighted by atomic mass is 9.69. The predicted molar refractivity (Wildman–Crippen MR) is 238 cm³/mol. The molecule has 0 saturated heterocycles. The molecule has 1 nitrogen and oxygen atoms in total. The Labute approximate surface area is 336 Å². The summed E-state index contributed by atoms with van der Waals surface area (Å²) in [4.78, 5) is 2.54. The Morgan fingerprint density at radius 1 is 0.421 bits per heavy atom. The van der Waals surface area contributed by atoms with Crippen LogP contribution < -0.4 is 4.90 Å². The number of rotatable bonds is 4. The van der Waals surface area contributed by atoms with Gasteiger partial charge in [0.2, 0.25) is 0 Å². The highest BCUT2D eigenvalue weighted by molar-refractivity contribution is 6.01. The van der Waals surface area contributed by atoms with Crippen LogP contribution in [0.5, 0.6) is 0 Å². The first-order valence-electron chi connectivity index (χ1n) is 21.0. The van der Waals surface area contributed by atoms with Gasteiger partial charge in [-0.3, -0.25) is 0 Å². The number of hydrogen-bond donors (Lipinski definition) is 0. The fourth-order valence-electron chi connectivity index (χ4n) is 11.6. The summed E-state index contributed by atoms with van der Waals surface area (Å²) in [6.07, 6.45) is 6.61. The van der Waals surface area contributed by atoms with Gasteiger partial charge in [-0.1, -0.05) is 173 Å². The molecule has 0 amide bonds. The van der Waals surface area contributed by atoms with E-state index in [1.54, 1.807) is 0 Å². The molecule has 0 bridgehead atoms. The Kier molecular flexibility index (Phi) is 7.04. The number of nitrogens with zero attached hydrogens (tertiary/aromatic N) is 1. The first kappa shape index (κ1) is 33.0. The third-order valence-corrected chi connectivity index (χ3v) is 14.3. The predicted octanol–water partition coefficient (Wildman–Crippen LogP) is 15.0. The van der Waals surface area contributed by atoms with Crippen LogP contribution in [0.4, 0.5) is 17.1 Å². The maximum atomic E-state index is 2.63. The zero-order valence-electron chi connectivity index (χ0n) is 32.7. The van der Waals surface area contributed by atoms with Crippen molar-refractivity contribution in [2.45, 2.75) is 62.7 Å². The fraction of sp³-hybridized carbons (Fsp3) is 0.179. The zero-order chi connectivity index (χ0) is 37.9. The fourth-order valence-corrected chi connectivity index (χ4v) is 11.6. The first-order valence-corrected chi connectivity index (χ1v) is 21.0. The van der Waals surface area contributed by atoms with Gasteiger partial charge in [0.25, 0.3) is 0 Å². The summed E-state index contributed by atoms with van der Waals surface area (Å²) in [5.74, 6) is 0.629. The van der Waals surface area contributed by atoms with Crippen LogP contribution in [-0.2, 0) is 10.8 Å². The summed E-state index contributed by atoms with van der Waals surface area (Å²) in [6, 6.07) is 65.2. The van der Waals surface area contributed by atoms with Gasteiger partial charge in [-0.05, 0) is 127 Å². The maximum Gasteiger partial charge on any atom is 0.0726 e. The average molecular weight is 732 g/mol. The molecule has 0 radical (unpaired) electrons. The van der Waals surface area contributed by atoms with Crippen molar-refractivity contribution in [3.63, 3.8) is 0 Å². The highest BCUT2D eigenvalue weighted by Crippen LogP contribution is 2.64. The Balaban J connectivity index is 1.13. The molecule has 0 N–H and O–H groups in total. The molecule has 0 aliphatic heterocycles. The van der Waals surface area contributed by atoms with Gasteiger partial charge in [0.05, 0.1) is 11.1 Å². The molecule has 1 unspecified atom stereocenters. The van der Waals surface area contributed by atoms with Crippen molar-refractivity contribution < 1.29 is 0 Å². The smallest absolute Gasteiger partial charge is 0.0726 e. The van der Waals surface area contributed by atoms with Gasteiger partial charge in [0.15, 0.2) is 0 Å². The van der Waals surface area contributed by atoms with E-state index < -0.39 is 5.41 Å². The lowest BCUT2D eigenvalue weighted by Gasteiger charge is -2.33. The lowest BCUT2D eigenvalue weighted by molar-refractivity contribution is 0.443. The second kappa shape index (κ2) is 12.2. The van der Waals surface area contributed by atoms with Gasteiger partial charge < -0.3 is 4.90 Å². The van der Waals surface area contributed by atoms with Crippen LogP contribution in [0.25, 0.3) is 44.2 Å². The van der Waals surface area contributed by atoms with E-state index in [0.29, 0.717) is 5.92 Å². The van der Waals surface area contributed by atoms with E-state index in [2.05, 4.69) is 189 Å². The van der Waals surface area contributed by atoms with Crippen LogP contribution >= 0.6 is 0 Å². The molecular formula is C56H45N. The maximum absolute atomic E-state index is 2.63. The Bertz CT molecular complexity index is 2920. The van der Waals surface area contributed by atoms with Gasteiger partial charge in [-0.25, -0.2) is 0 Å². The second-order valence-electron chi connectivity index (χ2n) is 17.4. The number of hydrogen-bond acceptors (Lipinski definition) is 1. The van der Waals surface area contributed by atoms with Crippen LogP contribution in [0.3, 0.4) is 0 Å². The summed E-state index contributed by atoms with van der Waals surface area (Å²) in [5, 5.41) is 2.49. The molecule has 12 rings (SSSR count). The SMILES string of the molecule is CC1(C)c2ccccc2-c2ccc(N(c3ccc4c(c3)C3(c5ccccc5-c5ccc(C6CCCCC6)cc53)c3ccccc3-4)c3cccc4ccccc34)cc21. The van der Waals surface area contributed by atoms with E-state index in [9.17, 15) is 0 Å². The van der Waals surface area contributed by atoms with Crippen LogP contribution in [0.1, 0.15) is 90.8 Å². The van der Waals surface area contributed by atoms with E-state index in [0.717, 1.165) is 0 Å². The summed E-state index contributed by atoms with van der Waals surface area (Å²) in [7, 11) is 0. The molecule has 1 fully saturated rings. The number of anilines is 3. The van der Waals surface area contributed by atoms with Crippen molar-refractivity contribution in [1.29, 1.82) is 0 Å². The van der Waals surface area contributed by atoms with Gasteiger partial charge in [0.1, 0.15) is 0 Å². The highest BCUT2D eigenvalue weighted by Gasteiger charge is 2.52. The molecule has 274 valence electrons. The third kappa shape index (κ3) is 4.52. The second-order valence-corrected chi connectivity index (χ2v) is 17.4. The van der Waals surface area contributed by atoms with E-state index in [1.165, 1.54) is 132 Å². The molecule has 1 heteroatoms. The van der Waals surface area contributed by atoms with Crippen LogP contribution in [0, 0.1) is 0 Å². The number of benzene rings is 8. The Morgan fingerprint density at radius 2 is 0.930 bits per heavy atom. The molecule has 8 aromatic rings. The standard InChI is InChI=1S/C56H45N/c1-55(2)48-23-11-8-20-42(48)45-31-28-39(34-51(45)55)57(54-26-14-18-37-17-6-7-19-41(37)54)40-29-32-47-44-22-10-13-25-50(44)56(53(47)35-40)49-24-12-9-21-43(49)46-30-27-38(33-52(46)56)36-15-4-3-5-16-36/h6-14,17-36H,3-5,15-16H2,1-2H3. The van der Waals surface area contributed by atoms with Crippen LogP contribution in [-0.4, -0.2) is 0 Å². The van der Waals surface area contributed by atoms with E-state index in [4.69, 9.17) is 0 Å². The van der Waals surface area contributed by atoms with Gasteiger partial charge in [-0.15, -0.1) is 0 Å². The van der Waals surface area contributed by atoms with Gasteiger partial charge in [0, 0.05) is 22.2 Å². The summed E-state index contributed by atoms with van der Waals surface area (Å²) in [5.41, 5.74) is 21.1. The molecule has 0 heterocycles. The van der Waals surface area contributed by atoms with Crippen LogP contribution in [0.2, 0.25) is 0 Å². The quantitative estimate of drug-likeness (QED) is 0.174. The largest absolute Gasteiger partial charge is 0.310 e. The molecule has 4 aliphatic carbocycles. The van der Waals surface area contributed by atoms with Crippen molar-refractivity contribution in [2.24, 2.45) is 0 Å². The van der Waals surface area contributed by atoms with Crippen LogP contribution in [0.15, 0.2) is 170 Å². The molecule has 57 heavy (non-hydrogen) atoms. The summed E-state index contributed by atoms with van der Waals surface area (Å²) >= 11 is 0. The van der Waals surface area contributed by atoms with E-state index >= 15 is 0 Å². The Morgan fingerprint density at radius 3 is 1.63 bits per heavy atom. The highest BCUT2D eigenvalue weighted by atomic mass is 15.1. The average Bonchev–Trinajstić information content (AvgIpc) is 3.82. The molecule has 0 aromatic heterocycles. The van der Waals surface area contributed by atoms with E-state index in [1.807, 2.05) is 0 Å². The van der Waals surface area contributed by atoms with Gasteiger partial charge >= 0.3 is 0 Å². The van der Waals surface area contributed by atoms with Crippen molar-refractivity contribution >= 4 is 27.8 Å². The van der Waals surface area contributed by atoms with Crippen molar-refractivity contribution in [3.8, 4) is 33.4 Å². The molecule has 1 saturated carbocycles. The van der Waals surface area contributed by atoms with E-state index in [-0.39, 0.29) is 5.41 Å². The Hall–Kier alpha value is -6.18. The summed E-state index contributed by atoms with van der Waals surface area (Å²) < 4.78 is 0. The van der Waals surface area contributed by atoms with Gasteiger partial charge in [-0.2, -0.15) is 0 Å². The molecule has 4 aliphatic rings. The monoisotopic (exact) mass is 731 g/mol. The number of fused-ring (bicyclic) bond motifs is 14. The lowest BCUT2D eigenvalue weighted by Crippen LogP contribution is -2.26. The van der Waals surface area contributed by atoms with Crippen molar-refractivity contribution in [2.75, 3.05) is 4.90 Å². The normalized spacial score (nSPS) is 18.1. The molecular weight excluding hydrogens is 687 g/mol. The molecule has 1 spiro atoms. The third-order valence-electron chi connectivity index (χ3n) is 14.3. The first-order chi connectivity index (χ1) is 28.0. The minimum Gasteiger partial charge on any atom is -0.310 e. The minimum absolute atomic E-state index is 0.108. The van der Waals surface area contributed by atoms with Crippen molar-refractivity contribution in [1.82, 2.24) is 0 Å². The summed E-state index contributed by atoms with van der Waals surface area (Å²) in [6.45, 7) is 4.77. The minimum atomic E-state index is -0.412. The molecule has 8 aromatic carbocycles.